The van der Waals surface area contributed by atoms with Crippen LogP contribution in [0, 0.1) is 5.92 Å². The Bertz CT molecular complexity index is 546. The van der Waals surface area contributed by atoms with Crippen molar-refractivity contribution in [2.75, 3.05) is 59.4 Å². The molecule has 1 N–H and O–H groups in total. The molecule has 0 saturated carbocycles. The fraction of sp³-hybridized carbons (Fsp3) is 0.684. The molecule has 0 aromatic rings. The summed E-state index contributed by atoms with van der Waals surface area (Å²) in [5, 5.41) is 2.58. The summed E-state index contributed by atoms with van der Waals surface area (Å²) in [5.41, 5.74) is 0. The van der Waals surface area contributed by atoms with E-state index in [-0.39, 0.29) is 50.0 Å². The first-order chi connectivity index (χ1) is 14.0. The molecule has 10 nitrogen and oxygen atoms in total. The van der Waals surface area contributed by atoms with Crippen LogP contribution in [0.5, 0.6) is 0 Å². The van der Waals surface area contributed by atoms with E-state index in [0.717, 1.165) is 4.90 Å². The zero-order valence-corrected chi connectivity index (χ0v) is 17.0. The van der Waals surface area contributed by atoms with Crippen molar-refractivity contribution in [2.45, 2.75) is 19.9 Å². The van der Waals surface area contributed by atoms with Crippen LogP contribution in [0.15, 0.2) is 12.2 Å². The summed E-state index contributed by atoms with van der Waals surface area (Å²) >= 11 is 0. The summed E-state index contributed by atoms with van der Waals surface area (Å²) in [6.45, 7) is 6.09. The van der Waals surface area contributed by atoms with Crippen LogP contribution in [0.25, 0.3) is 0 Å². The third-order valence-corrected chi connectivity index (χ3v) is 3.90. The number of amides is 3. The second kappa shape index (κ2) is 14.8. The van der Waals surface area contributed by atoms with Gasteiger partial charge in [-0.05, 0) is 5.92 Å². The Morgan fingerprint density at radius 2 is 1.41 bits per heavy atom. The van der Waals surface area contributed by atoms with Crippen LogP contribution in [-0.2, 0) is 38.1 Å². The fourth-order valence-corrected chi connectivity index (χ4v) is 2.22. The molecule has 1 aliphatic heterocycles. The fourth-order valence-electron chi connectivity index (χ4n) is 2.22. The molecule has 0 spiro atoms. The van der Waals surface area contributed by atoms with E-state index >= 15 is 0 Å². The lowest BCUT2D eigenvalue weighted by atomic mass is 10.1. The van der Waals surface area contributed by atoms with Gasteiger partial charge in [-0.3, -0.25) is 19.3 Å². The van der Waals surface area contributed by atoms with Crippen LogP contribution in [0.2, 0.25) is 0 Å². The molecule has 10 heteroatoms. The van der Waals surface area contributed by atoms with Gasteiger partial charge in [0.2, 0.25) is 5.91 Å². The van der Waals surface area contributed by atoms with E-state index in [4.69, 9.17) is 18.9 Å². The molecule has 0 fully saturated rings. The Labute approximate surface area is 170 Å². The minimum absolute atomic E-state index is 0.0287. The van der Waals surface area contributed by atoms with E-state index in [9.17, 15) is 19.2 Å². The molecule has 0 aromatic heterocycles. The highest BCUT2D eigenvalue weighted by atomic mass is 16.6. The first kappa shape index (κ1) is 24.9. The van der Waals surface area contributed by atoms with E-state index in [0.29, 0.717) is 39.3 Å². The Morgan fingerprint density at radius 1 is 0.931 bits per heavy atom. The Balaban J connectivity index is 1.84. The van der Waals surface area contributed by atoms with Crippen LogP contribution in [0.3, 0.4) is 0 Å². The van der Waals surface area contributed by atoms with E-state index in [1.165, 1.54) is 12.2 Å². The number of rotatable bonds is 17. The topological polar surface area (TPSA) is 120 Å². The van der Waals surface area contributed by atoms with Gasteiger partial charge in [0.15, 0.2) is 0 Å². The third kappa shape index (κ3) is 10.8. The predicted molar refractivity (Wildman–Crippen MR) is 102 cm³/mol. The molecule has 0 radical (unpaired) electrons. The number of aldehydes is 1. The van der Waals surface area contributed by atoms with Gasteiger partial charge < -0.3 is 29.1 Å². The van der Waals surface area contributed by atoms with E-state index in [2.05, 4.69) is 5.32 Å². The van der Waals surface area contributed by atoms with Gasteiger partial charge in [0.1, 0.15) is 12.9 Å². The van der Waals surface area contributed by atoms with Crippen molar-refractivity contribution in [3.63, 3.8) is 0 Å². The summed E-state index contributed by atoms with van der Waals surface area (Å²) in [5.74, 6) is -0.954. The first-order valence-electron chi connectivity index (χ1n) is 9.55. The van der Waals surface area contributed by atoms with Crippen molar-refractivity contribution in [3.8, 4) is 0 Å². The number of hydrogen-bond donors (Lipinski definition) is 1. The average molecular weight is 414 g/mol. The molecular weight excluding hydrogens is 384 g/mol. The molecule has 1 aliphatic rings. The number of ether oxygens (including phenoxy) is 4. The van der Waals surface area contributed by atoms with Crippen molar-refractivity contribution < 1.29 is 38.1 Å². The second-order valence-electron chi connectivity index (χ2n) is 6.52. The highest BCUT2D eigenvalue weighted by Crippen LogP contribution is 2.02. The highest BCUT2D eigenvalue weighted by molar-refractivity contribution is 6.12. The molecule has 1 heterocycles. The van der Waals surface area contributed by atoms with Gasteiger partial charge in [0.25, 0.3) is 11.8 Å². The Morgan fingerprint density at radius 3 is 1.90 bits per heavy atom. The summed E-state index contributed by atoms with van der Waals surface area (Å²) in [7, 11) is 0. The normalized spacial score (nSPS) is 14.7. The van der Waals surface area contributed by atoms with Gasteiger partial charge in [0.05, 0.1) is 58.8 Å². The van der Waals surface area contributed by atoms with Crippen LogP contribution >= 0.6 is 0 Å². The molecule has 29 heavy (non-hydrogen) atoms. The highest BCUT2D eigenvalue weighted by Gasteiger charge is 2.22. The third-order valence-electron chi connectivity index (χ3n) is 3.90. The molecular formula is C19H30N2O8. The minimum Gasteiger partial charge on any atom is -0.377 e. The van der Waals surface area contributed by atoms with E-state index in [1.807, 2.05) is 13.8 Å². The number of hydrogen-bond acceptors (Lipinski definition) is 8. The number of imide groups is 1. The summed E-state index contributed by atoms with van der Waals surface area (Å²) in [6, 6.07) is -0.509. The van der Waals surface area contributed by atoms with Gasteiger partial charge in [-0.25, -0.2) is 0 Å². The maximum atomic E-state index is 11.6. The van der Waals surface area contributed by atoms with Gasteiger partial charge >= 0.3 is 0 Å². The predicted octanol–water partition coefficient (Wildman–Crippen LogP) is -0.682. The molecule has 3 amide bonds. The second-order valence-corrected chi connectivity index (χ2v) is 6.52. The lowest BCUT2D eigenvalue weighted by Crippen LogP contribution is -2.41. The number of nitrogens with one attached hydrogen (secondary N) is 1. The maximum absolute atomic E-state index is 11.6. The van der Waals surface area contributed by atoms with Crippen LogP contribution in [-0.4, -0.2) is 94.3 Å². The van der Waals surface area contributed by atoms with Crippen LogP contribution in [0.4, 0.5) is 0 Å². The smallest absolute Gasteiger partial charge is 0.253 e. The SMILES string of the molecule is CC(C)C(C=O)NC(=O)COCCOCCOCCOCCN1C(=O)C=CC1=O. The number of carbonyl (C=O) groups is 4. The van der Waals surface area contributed by atoms with Gasteiger partial charge in [0, 0.05) is 12.2 Å². The maximum Gasteiger partial charge on any atom is 0.253 e. The molecule has 0 saturated heterocycles. The molecule has 1 rings (SSSR count). The van der Waals surface area contributed by atoms with Crippen molar-refractivity contribution in [1.82, 2.24) is 10.2 Å². The number of carbonyl (C=O) groups excluding carboxylic acids is 4. The largest absolute Gasteiger partial charge is 0.377 e. The molecule has 0 aromatic carbocycles. The number of nitrogens with zero attached hydrogens (tertiary/aromatic N) is 1. The molecule has 1 atom stereocenters. The zero-order chi connectivity index (χ0) is 21.5. The summed E-state index contributed by atoms with van der Waals surface area (Å²) < 4.78 is 21.1. The van der Waals surface area contributed by atoms with Crippen molar-refractivity contribution in [1.29, 1.82) is 0 Å². The van der Waals surface area contributed by atoms with Gasteiger partial charge in [-0.2, -0.15) is 0 Å². The first-order valence-corrected chi connectivity index (χ1v) is 9.55. The van der Waals surface area contributed by atoms with Crippen LogP contribution in [0.1, 0.15) is 13.8 Å². The summed E-state index contributed by atoms with van der Waals surface area (Å²) in [4.78, 5) is 46.2. The monoisotopic (exact) mass is 414 g/mol. The lowest BCUT2D eigenvalue weighted by Gasteiger charge is -2.16. The van der Waals surface area contributed by atoms with Gasteiger partial charge in [-0.15, -0.1) is 0 Å². The average Bonchev–Trinajstić information content (AvgIpc) is 3.01. The van der Waals surface area contributed by atoms with E-state index in [1.54, 1.807) is 0 Å². The Kier molecular flexibility index (Phi) is 12.7. The standard InChI is InChI=1S/C19H30N2O8/c1-15(2)16(13-22)20-17(23)14-29-12-11-28-10-9-27-8-7-26-6-5-21-18(24)3-4-19(21)25/h3-4,13,15-16H,5-12,14H2,1-2H3,(H,20,23). The van der Waals surface area contributed by atoms with Gasteiger partial charge in [-0.1, -0.05) is 13.8 Å². The molecule has 0 bridgehead atoms. The molecule has 0 aliphatic carbocycles. The quantitative estimate of drug-likeness (QED) is 0.189. The summed E-state index contributed by atoms with van der Waals surface area (Å²) in [6.07, 6.45) is 3.19. The zero-order valence-electron chi connectivity index (χ0n) is 17.0. The minimum atomic E-state index is -0.509. The van der Waals surface area contributed by atoms with Crippen molar-refractivity contribution >= 4 is 24.0 Å². The molecule has 1 unspecified atom stereocenters. The Hall–Kier alpha value is -2.14. The van der Waals surface area contributed by atoms with E-state index < -0.39 is 6.04 Å². The lowest BCUT2D eigenvalue weighted by molar-refractivity contribution is -0.137. The van der Waals surface area contributed by atoms with Crippen LogP contribution < -0.4 is 5.32 Å². The van der Waals surface area contributed by atoms with Crippen molar-refractivity contribution in [2.24, 2.45) is 5.92 Å². The molecule has 164 valence electrons. The van der Waals surface area contributed by atoms with Crippen molar-refractivity contribution in [3.05, 3.63) is 12.2 Å².